The third-order valence-electron chi connectivity index (χ3n) is 8.54. The van der Waals surface area contributed by atoms with Crippen molar-refractivity contribution in [3.63, 3.8) is 0 Å². The van der Waals surface area contributed by atoms with E-state index in [0.29, 0.717) is 24.7 Å². The van der Waals surface area contributed by atoms with Crippen LogP contribution in [0.15, 0.2) is 103 Å². The van der Waals surface area contributed by atoms with Gasteiger partial charge in [-0.15, -0.1) is 0 Å². The molecule has 0 bridgehead atoms. The molecule has 2 amide bonds. The molecule has 7 nitrogen and oxygen atoms in total. The summed E-state index contributed by atoms with van der Waals surface area (Å²) in [4.78, 5) is 42.3. The highest BCUT2D eigenvalue weighted by Gasteiger charge is 2.39. The Balaban J connectivity index is 1.50. The fourth-order valence-electron chi connectivity index (χ4n) is 5.78. The number of likely N-dealkylation sites (tertiary alicyclic amines) is 1. The maximum atomic E-state index is 14.5. The van der Waals surface area contributed by atoms with Crippen LogP contribution >= 0.6 is 22.6 Å². The molecule has 250 valence electrons. The minimum atomic E-state index is -4.57. The van der Waals surface area contributed by atoms with Gasteiger partial charge in [0.15, 0.2) is 0 Å². The summed E-state index contributed by atoms with van der Waals surface area (Å²) in [6.45, 7) is 1.28. The Kier molecular flexibility index (Phi) is 11.6. The first-order valence-corrected chi connectivity index (χ1v) is 16.9. The van der Waals surface area contributed by atoms with Gasteiger partial charge in [0.1, 0.15) is 11.7 Å². The summed E-state index contributed by atoms with van der Waals surface area (Å²) < 4.78 is 38.8. The smallest absolute Gasteiger partial charge is 0.341 e. The molecule has 1 fully saturated rings. The summed E-state index contributed by atoms with van der Waals surface area (Å²) in [7, 11) is 4.08. The van der Waals surface area contributed by atoms with Gasteiger partial charge < -0.3 is 14.7 Å². The van der Waals surface area contributed by atoms with Crippen molar-refractivity contribution in [1.29, 1.82) is 0 Å². The van der Waals surface area contributed by atoms with Crippen LogP contribution in [-0.4, -0.2) is 75.8 Å². The van der Waals surface area contributed by atoms with Crippen LogP contribution in [0.2, 0.25) is 0 Å². The van der Waals surface area contributed by atoms with Crippen molar-refractivity contribution < 1.29 is 22.8 Å². The average Bonchev–Trinajstić information content (AvgIpc) is 3.11. The quantitative estimate of drug-likeness (QED) is 0.0964. The monoisotopic (exact) mass is 767 g/mol. The van der Waals surface area contributed by atoms with Crippen LogP contribution in [0.3, 0.4) is 0 Å². The van der Waals surface area contributed by atoms with Gasteiger partial charge >= 0.3 is 6.18 Å². The number of halogens is 4. The van der Waals surface area contributed by atoms with E-state index in [1.807, 2.05) is 91.8 Å². The van der Waals surface area contributed by atoms with Crippen LogP contribution in [0.4, 0.5) is 13.2 Å². The molecular weight excluding hydrogens is 730 g/mol. The molecule has 1 aliphatic heterocycles. The van der Waals surface area contributed by atoms with Gasteiger partial charge in [-0.3, -0.25) is 19.6 Å². The van der Waals surface area contributed by atoms with Gasteiger partial charge in [0.2, 0.25) is 11.8 Å². The standard InChI is InChI=1S/C37H37F3IN5O2/c1-44(2)30-19-22-45(23-20-30)36(48)35(34(41)29-8-4-3-5-9-29)46(25-27-11-15-28(16-12-27)31-10-6-7-21-42-31)33(47)18-14-26-13-17-32(43-24-26)37(38,39)40/h3-18,21,24,30,34-35H,19-20,22-23,25H2,1-2H3. The number of hydrogen-bond acceptors (Lipinski definition) is 5. The van der Waals surface area contributed by atoms with E-state index in [0.717, 1.165) is 47.5 Å². The largest absolute Gasteiger partial charge is 0.433 e. The lowest BCUT2D eigenvalue weighted by Crippen LogP contribution is -2.54. The Bertz CT molecular complexity index is 1680. The molecule has 0 saturated carbocycles. The molecule has 5 rings (SSSR count). The third-order valence-corrected chi connectivity index (χ3v) is 9.94. The Hall–Kier alpha value is -4.10. The second kappa shape index (κ2) is 15.9. The fourth-order valence-corrected chi connectivity index (χ4v) is 6.90. The molecule has 0 N–H and O–H groups in total. The zero-order valence-corrected chi connectivity index (χ0v) is 28.9. The lowest BCUT2D eigenvalue weighted by atomic mass is 9.98. The molecule has 48 heavy (non-hydrogen) atoms. The van der Waals surface area contributed by atoms with Crippen LogP contribution in [0.1, 0.15) is 39.2 Å². The van der Waals surface area contributed by atoms with Crippen LogP contribution < -0.4 is 0 Å². The number of pyridine rings is 2. The zero-order valence-electron chi connectivity index (χ0n) is 26.7. The number of hydrogen-bond donors (Lipinski definition) is 0. The van der Waals surface area contributed by atoms with Crippen molar-refractivity contribution in [2.24, 2.45) is 0 Å². The minimum absolute atomic E-state index is 0.133. The van der Waals surface area contributed by atoms with Crippen molar-refractivity contribution in [3.05, 3.63) is 126 Å². The first-order chi connectivity index (χ1) is 23.0. The summed E-state index contributed by atoms with van der Waals surface area (Å²) in [5.41, 5.74) is 2.77. The molecule has 0 spiro atoms. The molecule has 3 heterocycles. The molecule has 4 aromatic rings. The van der Waals surface area contributed by atoms with Crippen LogP contribution in [0.25, 0.3) is 17.3 Å². The average molecular weight is 768 g/mol. The first-order valence-electron chi connectivity index (χ1n) is 15.7. The van der Waals surface area contributed by atoms with Crippen molar-refractivity contribution in [3.8, 4) is 11.3 Å². The predicted molar refractivity (Wildman–Crippen MR) is 189 cm³/mol. The Morgan fingerprint density at radius 3 is 2.21 bits per heavy atom. The van der Waals surface area contributed by atoms with Crippen LogP contribution in [-0.2, 0) is 22.3 Å². The highest BCUT2D eigenvalue weighted by atomic mass is 127. The Morgan fingerprint density at radius 1 is 0.938 bits per heavy atom. The Labute approximate surface area is 292 Å². The maximum Gasteiger partial charge on any atom is 0.433 e. The summed E-state index contributed by atoms with van der Waals surface area (Å²) in [5.74, 6) is -0.582. The molecule has 2 aromatic carbocycles. The molecule has 0 radical (unpaired) electrons. The SMILES string of the molecule is CN(C)C1CCN(C(=O)C(C(I)c2ccccc2)N(Cc2ccc(-c3ccccn3)cc2)C(=O)C=Cc2ccc(C(F)(F)F)nc2)CC1. The van der Waals surface area contributed by atoms with Gasteiger partial charge in [-0.1, -0.05) is 89.3 Å². The lowest BCUT2D eigenvalue weighted by molar-refractivity contribution is -0.145. The Morgan fingerprint density at radius 2 is 1.62 bits per heavy atom. The van der Waals surface area contributed by atoms with E-state index in [9.17, 15) is 22.8 Å². The minimum Gasteiger partial charge on any atom is -0.341 e. The molecule has 2 unspecified atom stereocenters. The van der Waals surface area contributed by atoms with E-state index in [-0.39, 0.29) is 16.4 Å². The van der Waals surface area contributed by atoms with Gasteiger partial charge in [0, 0.05) is 49.7 Å². The van der Waals surface area contributed by atoms with Gasteiger partial charge in [0.05, 0.1) is 9.62 Å². The second-order valence-corrected chi connectivity index (χ2v) is 13.3. The van der Waals surface area contributed by atoms with E-state index in [1.54, 1.807) is 11.1 Å². The highest BCUT2D eigenvalue weighted by molar-refractivity contribution is 14.1. The first kappa shape index (κ1) is 35.2. The maximum absolute atomic E-state index is 14.5. The van der Waals surface area contributed by atoms with E-state index in [2.05, 4.69) is 37.5 Å². The summed E-state index contributed by atoms with van der Waals surface area (Å²) in [6, 6.07) is 24.7. The molecule has 2 aromatic heterocycles. The van der Waals surface area contributed by atoms with E-state index >= 15 is 0 Å². The molecule has 2 atom stereocenters. The topological polar surface area (TPSA) is 69.6 Å². The van der Waals surface area contributed by atoms with Crippen molar-refractivity contribution in [2.45, 2.75) is 41.6 Å². The second-order valence-electron chi connectivity index (χ2n) is 12.0. The summed E-state index contributed by atoms with van der Waals surface area (Å²) in [5, 5.41) is 0. The number of carbonyl (C=O) groups excluding carboxylic acids is 2. The number of nitrogens with zero attached hydrogens (tertiary/aromatic N) is 5. The van der Waals surface area contributed by atoms with Gasteiger partial charge in [-0.2, -0.15) is 13.2 Å². The van der Waals surface area contributed by atoms with Gasteiger partial charge in [0.25, 0.3) is 0 Å². The third kappa shape index (κ3) is 8.87. The number of piperidine rings is 1. The zero-order chi connectivity index (χ0) is 34.3. The summed E-state index contributed by atoms with van der Waals surface area (Å²) in [6.07, 6.45) is 2.63. The number of rotatable bonds is 10. The number of benzene rings is 2. The highest BCUT2D eigenvalue weighted by Crippen LogP contribution is 2.34. The number of carbonyl (C=O) groups is 2. The number of alkyl halides is 4. The van der Waals surface area contributed by atoms with Crippen LogP contribution in [0, 0.1) is 0 Å². The molecular formula is C37H37F3IN5O2. The molecule has 1 saturated heterocycles. The molecule has 0 aliphatic carbocycles. The predicted octanol–water partition coefficient (Wildman–Crippen LogP) is 7.30. The normalized spacial score (nSPS) is 15.4. The lowest BCUT2D eigenvalue weighted by Gasteiger charge is -2.40. The molecule has 1 aliphatic rings. The fraction of sp³-hybridized carbons (Fsp3) is 0.297. The number of aromatic nitrogens is 2. The van der Waals surface area contributed by atoms with E-state index in [1.165, 1.54) is 18.2 Å². The summed E-state index contributed by atoms with van der Waals surface area (Å²) >= 11 is 2.25. The van der Waals surface area contributed by atoms with Gasteiger partial charge in [-0.05, 0) is 67.9 Å². The van der Waals surface area contributed by atoms with Crippen molar-refractivity contribution in [1.82, 2.24) is 24.7 Å². The van der Waals surface area contributed by atoms with Crippen molar-refractivity contribution >= 4 is 40.5 Å². The number of amides is 2. The van der Waals surface area contributed by atoms with Crippen LogP contribution in [0.5, 0.6) is 0 Å². The van der Waals surface area contributed by atoms with Gasteiger partial charge in [-0.25, -0.2) is 0 Å². The van der Waals surface area contributed by atoms with E-state index in [4.69, 9.17) is 0 Å². The van der Waals surface area contributed by atoms with Crippen molar-refractivity contribution in [2.75, 3.05) is 27.2 Å². The molecule has 11 heteroatoms. The van der Waals surface area contributed by atoms with E-state index < -0.39 is 23.8 Å².